The summed E-state index contributed by atoms with van der Waals surface area (Å²) in [6.45, 7) is -0.0668. The van der Waals surface area contributed by atoms with Crippen molar-refractivity contribution in [2.75, 3.05) is 19.1 Å². The van der Waals surface area contributed by atoms with Crippen LogP contribution in [-0.4, -0.2) is 34.5 Å². The number of ether oxygens (including phenoxy) is 1. The Labute approximate surface area is 90.1 Å². The molecular formula is C11H14O3S. The minimum atomic E-state index is -2.13. The lowest BCUT2D eigenvalue weighted by molar-refractivity contribution is -0.114. The maximum absolute atomic E-state index is 11.3. The predicted octanol–water partition coefficient (Wildman–Crippen LogP) is 0.981. The summed E-state index contributed by atoms with van der Waals surface area (Å²) >= 11 is 0. The Morgan fingerprint density at radius 2 is 1.93 bits per heavy atom. The van der Waals surface area contributed by atoms with Crippen LogP contribution in [0, 0.1) is 0 Å². The third-order valence-electron chi connectivity index (χ3n) is 1.54. The van der Waals surface area contributed by atoms with E-state index in [1.54, 1.807) is 12.1 Å². The van der Waals surface area contributed by atoms with Crippen molar-refractivity contribution in [1.82, 2.24) is 0 Å². The average Bonchev–Trinajstić information content (AvgIpc) is 2.14. The van der Waals surface area contributed by atoms with Gasteiger partial charge in [-0.05, 0) is 21.7 Å². The van der Waals surface area contributed by atoms with Crippen LogP contribution in [0.25, 0.3) is 0 Å². The fraction of sp³-hybridized carbons (Fsp3) is 0.273. The molecule has 0 radical (unpaired) electrons. The zero-order valence-electron chi connectivity index (χ0n) is 8.80. The van der Waals surface area contributed by atoms with Gasteiger partial charge in [-0.1, -0.05) is 18.2 Å². The first-order chi connectivity index (χ1) is 6.97. The lowest BCUT2D eigenvalue weighted by Gasteiger charge is -2.02. The fourth-order valence-electron chi connectivity index (χ4n) is 1.02. The standard InChI is InChI=1S/C11H14O3S/c1-15(2,13)9-10(12)8-14-11-6-4-3-5-7-11/h3-7,9H,8H2,1-2H3. The minimum absolute atomic E-state index is 0.0668. The van der Waals surface area contributed by atoms with Gasteiger partial charge in [0.15, 0.2) is 6.61 Å². The molecule has 0 aliphatic rings. The third-order valence-corrected chi connectivity index (χ3v) is 2.37. The first kappa shape index (κ1) is 11.8. The second-order valence-corrected chi connectivity index (χ2v) is 6.35. The van der Waals surface area contributed by atoms with Crippen molar-refractivity contribution in [2.24, 2.45) is 0 Å². The van der Waals surface area contributed by atoms with Gasteiger partial charge in [-0.2, -0.15) is 0 Å². The van der Waals surface area contributed by atoms with Crippen LogP contribution in [-0.2, 0) is 14.3 Å². The van der Waals surface area contributed by atoms with E-state index in [1.807, 2.05) is 18.2 Å². The summed E-state index contributed by atoms with van der Waals surface area (Å²) in [6.07, 6.45) is 3.04. The molecule has 3 nitrogen and oxygen atoms in total. The number of Topliss-reactive ketones (excluding diaryl/α,β-unsaturated/α-hetero) is 1. The van der Waals surface area contributed by atoms with E-state index in [0.29, 0.717) is 5.75 Å². The van der Waals surface area contributed by atoms with E-state index in [-0.39, 0.29) is 12.4 Å². The van der Waals surface area contributed by atoms with Crippen LogP contribution in [0.15, 0.2) is 30.3 Å². The van der Waals surface area contributed by atoms with E-state index in [4.69, 9.17) is 4.74 Å². The molecule has 1 rings (SSSR count). The van der Waals surface area contributed by atoms with Crippen LogP contribution < -0.4 is 4.74 Å². The Kier molecular flexibility index (Phi) is 3.91. The SMILES string of the molecule is CS(C)(=O)=CC(=O)COc1ccccc1. The maximum Gasteiger partial charge on any atom is 0.200 e. The van der Waals surface area contributed by atoms with E-state index in [9.17, 15) is 9.00 Å². The van der Waals surface area contributed by atoms with Gasteiger partial charge < -0.3 is 4.74 Å². The van der Waals surface area contributed by atoms with E-state index < -0.39 is 9.52 Å². The number of carbonyl (C=O) groups excluding carboxylic acids is 1. The van der Waals surface area contributed by atoms with Gasteiger partial charge >= 0.3 is 0 Å². The number of rotatable bonds is 4. The molecule has 0 aromatic heterocycles. The zero-order chi connectivity index (χ0) is 11.3. The molecule has 0 fully saturated rings. The van der Waals surface area contributed by atoms with Crippen LogP contribution in [0.3, 0.4) is 0 Å². The molecule has 0 N–H and O–H groups in total. The highest BCUT2D eigenvalue weighted by Crippen LogP contribution is 2.07. The normalized spacial score (nSPS) is 10.8. The summed E-state index contributed by atoms with van der Waals surface area (Å²) in [7, 11) is -2.13. The van der Waals surface area contributed by atoms with Crippen LogP contribution in [0.2, 0.25) is 0 Å². The van der Waals surface area contributed by atoms with Gasteiger partial charge in [0.2, 0.25) is 5.78 Å². The van der Waals surface area contributed by atoms with Crippen molar-refractivity contribution in [2.45, 2.75) is 0 Å². The molecule has 0 aliphatic carbocycles. The molecule has 0 spiro atoms. The van der Waals surface area contributed by atoms with Gasteiger partial charge in [0.25, 0.3) is 0 Å². The molecule has 4 heteroatoms. The quantitative estimate of drug-likeness (QED) is 0.719. The zero-order valence-corrected chi connectivity index (χ0v) is 9.62. The van der Waals surface area contributed by atoms with Crippen molar-refractivity contribution in [3.8, 4) is 5.75 Å². The largest absolute Gasteiger partial charge is 0.485 e. The number of benzene rings is 1. The first-order valence-electron chi connectivity index (χ1n) is 4.47. The summed E-state index contributed by atoms with van der Waals surface area (Å²) in [5, 5.41) is 1.22. The molecule has 0 atom stereocenters. The van der Waals surface area contributed by atoms with Gasteiger partial charge in [-0.3, -0.25) is 9.00 Å². The molecule has 0 saturated carbocycles. The van der Waals surface area contributed by atoms with Gasteiger partial charge in [-0.25, -0.2) is 0 Å². The molecular weight excluding hydrogens is 212 g/mol. The Balaban J connectivity index is 2.53. The number of ketones is 1. The number of hydrogen-bond donors (Lipinski definition) is 0. The summed E-state index contributed by atoms with van der Waals surface area (Å²) in [4.78, 5) is 11.3. The van der Waals surface area contributed by atoms with Gasteiger partial charge in [0, 0.05) is 17.9 Å². The maximum atomic E-state index is 11.3. The topological polar surface area (TPSA) is 43.4 Å². The van der Waals surface area contributed by atoms with E-state index in [0.717, 1.165) is 0 Å². The fourth-order valence-corrected chi connectivity index (χ4v) is 1.72. The van der Waals surface area contributed by atoms with Crippen molar-refractivity contribution in [1.29, 1.82) is 0 Å². The Morgan fingerprint density at radius 3 is 2.47 bits per heavy atom. The number of para-hydroxylation sites is 1. The molecule has 15 heavy (non-hydrogen) atoms. The van der Waals surface area contributed by atoms with Gasteiger partial charge in [-0.15, -0.1) is 0 Å². The summed E-state index contributed by atoms with van der Waals surface area (Å²) in [6, 6.07) is 9.05. The highest BCUT2D eigenvalue weighted by Gasteiger charge is 2.01. The van der Waals surface area contributed by atoms with E-state index in [2.05, 4.69) is 0 Å². The van der Waals surface area contributed by atoms with Crippen molar-refractivity contribution < 1.29 is 13.7 Å². The smallest absolute Gasteiger partial charge is 0.200 e. The Morgan fingerprint density at radius 1 is 1.33 bits per heavy atom. The number of hydrogen-bond acceptors (Lipinski definition) is 3. The second kappa shape index (κ2) is 4.98. The monoisotopic (exact) mass is 226 g/mol. The molecule has 0 bridgehead atoms. The lowest BCUT2D eigenvalue weighted by Crippen LogP contribution is -2.16. The minimum Gasteiger partial charge on any atom is -0.485 e. The third kappa shape index (κ3) is 5.22. The molecule has 1 aromatic carbocycles. The molecule has 0 heterocycles. The summed E-state index contributed by atoms with van der Waals surface area (Å²) in [5.41, 5.74) is 0. The van der Waals surface area contributed by atoms with Crippen LogP contribution >= 0.6 is 0 Å². The highest BCUT2D eigenvalue weighted by molar-refractivity contribution is 8.01. The lowest BCUT2D eigenvalue weighted by atomic mass is 10.3. The number of carbonyl (C=O) groups is 1. The van der Waals surface area contributed by atoms with Crippen molar-refractivity contribution in [3.63, 3.8) is 0 Å². The Bertz CT molecular complexity index is 434. The molecule has 0 unspecified atom stereocenters. The molecule has 0 saturated heterocycles. The van der Waals surface area contributed by atoms with E-state index in [1.165, 1.54) is 17.9 Å². The molecule has 0 aliphatic heterocycles. The van der Waals surface area contributed by atoms with Crippen molar-refractivity contribution in [3.05, 3.63) is 30.3 Å². The second-order valence-electron chi connectivity index (χ2n) is 3.50. The van der Waals surface area contributed by atoms with Crippen LogP contribution in [0.1, 0.15) is 0 Å². The van der Waals surface area contributed by atoms with Crippen LogP contribution in [0.4, 0.5) is 0 Å². The summed E-state index contributed by atoms with van der Waals surface area (Å²) < 4.78 is 16.5. The molecule has 1 aromatic rings. The average molecular weight is 226 g/mol. The molecule has 0 amide bonds. The Hall–Kier alpha value is -1.29. The molecule has 82 valence electrons. The van der Waals surface area contributed by atoms with Gasteiger partial charge in [0.05, 0.1) is 0 Å². The van der Waals surface area contributed by atoms with E-state index >= 15 is 0 Å². The highest BCUT2D eigenvalue weighted by atomic mass is 32.2. The predicted molar refractivity (Wildman–Crippen MR) is 63.0 cm³/mol. The van der Waals surface area contributed by atoms with Gasteiger partial charge in [0.1, 0.15) is 5.75 Å². The van der Waals surface area contributed by atoms with Crippen molar-refractivity contribution >= 4 is 20.7 Å². The van der Waals surface area contributed by atoms with Crippen LogP contribution in [0.5, 0.6) is 5.75 Å². The first-order valence-corrected chi connectivity index (χ1v) is 6.91. The summed E-state index contributed by atoms with van der Waals surface area (Å²) in [5.74, 6) is 0.381.